The zero-order chi connectivity index (χ0) is 13.6. The second kappa shape index (κ2) is 3.85. The lowest BCUT2D eigenvalue weighted by Gasteiger charge is -2.18. The van der Waals surface area contributed by atoms with E-state index in [9.17, 15) is 0 Å². The number of aromatic nitrogens is 4. The minimum atomic E-state index is -0.102. The molecule has 0 fully saturated rings. The molecule has 3 heterocycles. The first-order chi connectivity index (χ1) is 9.11. The van der Waals surface area contributed by atoms with Crippen LogP contribution in [0.5, 0.6) is 0 Å². The molecule has 1 aliphatic rings. The Kier molecular flexibility index (Phi) is 2.29. The second-order valence-electron chi connectivity index (χ2n) is 3.72. The Morgan fingerprint density at radius 2 is 2.11 bits per heavy atom. The summed E-state index contributed by atoms with van der Waals surface area (Å²) in [5, 5.41) is 36.4. The van der Waals surface area contributed by atoms with Gasteiger partial charge in [-0.25, -0.2) is 4.68 Å². The van der Waals surface area contributed by atoms with Crippen molar-refractivity contribution >= 4 is 22.8 Å². The van der Waals surface area contributed by atoms with Crippen LogP contribution in [-0.4, -0.2) is 20.0 Å². The molecule has 0 saturated heterocycles. The van der Waals surface area contributed by atoms with Gasteiger partial charge < -0.3 is 0 Å². The third-order valence-electron chi connectivity index (χ3n) is 2.56. The molecule has 4 N–H and O–H groups in total. The molecule has 94 valence electrons. The highest BCUT2D eigenvalue weighted by Crippen LogP contribution is 2.29. The van der Waals surface area contributed by atoms with Crippen molar-refractivity contribution in [2.75, 3.05) is 10.9 Å². The molecule has 0 amide bonds. The van der Waals surface area contributed by atoms with Crippen molar-refractivity contribution in [3.8, 4) is 11.1 Å². The van der Waals surface area contributed by atoms with Gasteiger partial charge in [-0.05, 0) is 6.92 Å². The smallest absolute Gasteiger partial charge is 0.224 e. The average Bonchev–Trinajstić information content (AvgIpc) is 2.64. The summed E-state index contributed by atoms with van der Waals surface area (Å²) in [6.45, 7) is 1.72. The van der Waals surface area contributed by atoms with Crippen molar-refractivity contribution in [2.45, 2.75) is 6.92 Å². The Balaban J connectivity index is 2.44. The van der Waals surface area contributed by atoms with E-state index < -0.39 is 0 Å². The lowest BCUT2D eigenvalue weighted by atomic mass is 10.2. The van der Waals surface area contributed by atoms with E-state index in [1.54, 1.807) is 6.92 Å². The number of nitrogens with zero attached hydrogens (tertiary/aromatic N) is 5. The van der Waals surface area contributed by atoms with Gasteiger partial charge in [-0.2, -0.15) is 10.4 Å². The molecule has 1 aliphatic heterocycles. The van der Waals surface area contributed by atoms with Crippen molar-refractivity contribution in [1.29, 1.82) is 16.1 Å². The van der Waals surface area contributed by atoms with Crippen LogP contribution >= 0.6 is 11.3 Å². The standard InChI is InChI=1S/C9H7N9S/c1-3-4(2-10)7-15-13-5-6(11)14-16-9(12)19-8(5)18(7)17-3/h11-13,15H,1H3. The van der Waals surface area contributed by atoms with E-state index in [0.29, 0.717) is 27.8 Å². The third-order valence-corrected chi connectivity index (χ3v) is 3.40. The van der Waals surface area contributed by atoms with Crippen molar-refractivity contribution in [2.24, 2.45) is 0 Å². The molecule has 10 heteroatoms. The predicted octanol–water partition coefficient (Wildman–Crippen LogP) is -0.385. The van der Waals surface area contributed by atoms with Gasteiger partial charge in [-0.15, -0.1) is 10.2 Å². The lowest BCUT2D eigenvalue weighted by Crippen LogP contribution is -2.25. The van der Waals surface area contributed by atoms with Gasteiger partial charge in [0.15, 0.2) is 16.3 Å². The van der Waals surface area contributed by atoms with E-state index >= 15 is 0 Å². The van der Waals surface area contributed by atoms with Crippen molar-refractivity contribution in [3.63, 3.8) is 0 Å². The van der Waals surface area contributed by atoms with Gasteiger partial charge in [0, 0.05) is 0 Å². The molecule has 0 aromatic carbocycles. The summed E-state index contributed by atoms with van der Waals surface area (Å²) < 4.78 is 1.49. The van der Waals surface area contributed by atoms with Crippen LogP contribution in [0.1, 0.15) is 11.3 Å². The van der Waals surface area contributed by atoms with Crippen LogP contribution in [0.2, 0.25) is 0 Å². The van der Waals surface area contributed by atoms with Crippen molar-refractivity contribution in [1.82, 2.24) is 20.0 Å². The number of anilines is 2. The summed E-state index contributed by atoms with van der Waals surface area (Å²) in [6, 6.07) is 2.07. The van der Waals surface area contributed by atoms with Gasteiger partial charge in [-0.1, -0.05) is 11.3 Å². The molecule has 0 aliphatic carbocycles. The second-order valence-corrected chi connectivity index (χ2v) is 4.70. The quantitative estimate of drug-likeness (QED) is 0.515. The van der Waals surface area contributed by atoms with E-state index in [1.807, 2.05) is 0 Å². The highest BCUT2D eigenvalue weighted by atomic mass is 32.1. The maximum absolute atomic E-state index is 9.10. The largest absolute Gasteiger partial charge is 0.293 e. The molecule has 2 aromatic heterocycles. The molecule has 0 radical (unpaired) electrons. The topological polar surface area (TPSA) is 139 Å². The molecule has 9 nitrogen and oxygen atoms in total. The van der Waals surface area contributed by atoms with Crippen LogP contribution in [0.3, 0.4) is 0 Å². The van der Waals surface area contributed by atoms with Gasteiger partial charge >= 0.3 is 0 Å². The van der Waals surface area contributed by atoms with Gasteiger partial charge in [0.1, 0.15) is 17.3 Å². The fourth-order valence-corrected chi connectivity index (χ4v) is 2.45. The normalized spacial score (nSPS) is 11.6. The molecule has 2 aromatic rings. The van der Waals surface area contributed by atoms with Gasteiger partial charge in [0.25, 0.3) is 0 Å². The maximum atomic E-state index is 9.10. The molecule has 0 bridgehead atoms. The summed E-state index contributed by atoms with van der Waals surface area (Å²) in [5.41, 5.74) is 6.86. The average molecular weight is 273 g/mol. The third kappa shape index (κ3) is 1.56. The zero-order valence-electron chi connectivity index (χ0n) is 9.64. The summed E-state index contributed by atoms with van der Waals surface area (Å²) in [5.74, 6) is 0.480. The molecule has 19 heavy (non-hydrogen) atoms. The lowest BCUT2D eigenvalue weighted by molar-refractivity contribution is 0.861. The number of hydrogen-bond donors (Lipinski definition) is 4. The van der Waals surface area contributed by atoms with Crippen LogP contribution in [0, 0.1) is 29.1 Å². The Labute approximate surface area is 110 Å². The van der Waals surface area contributed by atoms with Gasteiger partial charge in [0.05, 0.1) is 5.69 Å². The summed E-state index contributed by atoms with van der Waals surface area (Å²) >= 11 is 1.02. The van der Waals surface area contributed by atoms with Crippen LogP contribution in [0.4, 0.5) is 11.5 Å². The van der Waals surface area contributed by atoms with Crippen molar-refractivity contribution < 1.29 is 0 Å². The monoisotopic (exact) mass is 273 g/mol. The fourth-order valence-electron chi connectivity index (χ4n) is 1.72. The van der Waals surface area contributed by atoms with Gasteiger partial charge in [0.2, 0.25) is 4.80 Å². The maximum Gasteiger partial charge on any atom is 0.224 e. The minimum absolute atomic E-state index is 0.0453. The molecule has 0 atom stereocenters. The summed E-state index contributed by atoms with van der Waals surface area (Å²) in [6.07, 6.45) is 0. The Morgan fingerprint density at radius 1 is 1.32 bits per heavy atom. The van der Waals surface area contributed by atoms with E-state index in [2.05, 4.69) is 32.2 Å². The molecule has 3 rings (SSSR count). The molecule has 0 saturated carbocycles. The first kappa shape index (κ1) is 11.3. The number of rotatable bonds is 0. The zero-order valence-corrected chi connectivity index (χ0v) is 10.5. The van der Waals surface area contributed by atoms with Crippen molar-refractivity contribution in [3.05, 3.63) is 21.5 Å². The van der Waals surface area contributed by atoms with Crippen LogP contribution in [0.15, 0.2) is 0 Å². The first-order valence-electron chi connectivity index (χ1n) is 5.15. The van der Waals surface area contributed by atoms with E-state index in [0.717, 1.165) is 11.3 Å². The number of nitrogens with one attached hydrogen (secondary N) is 4. The Morgan fingerprint density at radius 3 is 2.84 bits per heavy atom. The summed E-state index contributed by atoms with van der Waals surface area (Å²) in [7, 11) is 0. The molecule has 0 unspecified atom stereocenters. The van der Waals surface area contributed by atoms with Crippen LogP contribution < -0.4 is 21.1 Å². The number of hydrogen-bond acceptors (Lipinski definition) is 9. The number of fused-ring (bicyclic) bond motifs is 3. The molecular weight excluding hydrogens is 266 g/mol. The number of nitriles is 1. The van der Waals surface area contributed by atoms with E-state index in [-0.39, 0.29) is 10.3 Å². The van der Waals surface area contributed by atoms with Gasteiger partial charge in [-0.3, -0.25) is 21.7 Å². The highest BCUT2D eigenvalue weighted by Gasteiger charge is 2.23. The minimum Gasteiger partial charge on any atom is -0.293 e. The highest BCUT2D eigenvalue weighted by molar-refractivity contribution is 7.11. The number of hydrazine groups is 1. The fraction of sp³-hybridized carbons (Fsp3) is 0.111. The first-order valence-corrected chi connectivity index (χ1v) is 5.97. The SMILES string of the molecule is Cc1nn2c(c1C#N)NNc1c-2sc(=N)nnc1=N. The molecular formula is C9H7N9S. The van der Waals surface area contributed by atoms with E-state index in [4.69, 9.17) is 16.1 Å². The summed E-state index contributed by atoms with van der Waals surface area (Å²) in [4.78, 5) is -0.0453. The Hall–Kier alpha value is -2.80. The van der Waals surface area contributed by atoms with Crippen LogP contribution in [-0.2, 0) is 0 Å². The molecule has 0 spiro atoms. The predicted molar refractivity (Wildman–Crippen MR) is 65.4 cm³/mol. The Bertz CT molecular complexity index is 840. The number of aryl methyl sites for hydroxylation is 1. The van der Waals surface area contributed by atoms with Crippen LogP contribution in [0.25, 0.3) is 5.00 Å². The van der Waals surface area contributed by atoms with E-state index in [1.165, 1.54) is 4.68 Å².